The Morgan fingerprint density at radius 3 is 2.65 bits per heavy atom. The lowest BCUT2D eigenvalue weighted by Crippen LogP contribution is -2.49. The van der Waals surface area contributed by atoms with Gasteiger partial charge in [-0.2, -0.15) is 0 Å². The molecule has 126 valence electrons. The minimum atomic E-state index is -4.85. The molecule has 2 atom stereocenters. The fourth-order valence-corrected chi connectivity index (χ4v) is 2.45. The van der Waals surface area contributed by atoms with Crippen LogP contribution in [-0.4, -0.2) is 35.4 Å². The van der Waals surface area contributed by atoms with E-state index in [1.165, 1.54) is 6.07 Å². The highest BCUT2D eigenvalue weighted by Gasteiger charge is 2.40. The second-order valence-corrected chi connectivity index (χ2v) is 5.12. The molecule has 3 N–H and O–H groups in total. The SMILES string of the molecule is CC[C@H](N)C(=O)N1c2ccc(OC(F)(F)F)cc2C[C@@H]1C(=O)O. The van der Waals surface area contributed by atoms with E-state index >= 15 is 0 Å². The van der Waals surface area contributed by atoms with Gasteiger partial charge in [0.05, 0.1) is 6.04 Å². The van der Waals surface area contributed by atoms with E-state index in [1.807, 2.05) is 0 Å². The van der Waals surface area contributed by atoms with Crippen LogP contribution in [0.15, 0.2) is 18.2 Å². The zero-order valence-corrected chi connectivity index (χ0v) is 12.1. The number of carbonyl (C=O) groups is 2. The molecule has 6 nitrogen and oxygen atoms in total. The molecule has 9 heteroatoms. The molecule has 0 saturated carbocycles. The van der Waals surface area contributed by atoms with Gasteiger partial charge in [-0.3, -0.25) is 9.69 Å². The molecule has 0 aliphatic carbocycles. The summed E-state index contributed by atoms with van der Waals surface area (Å²) in [6.45, 7) is 1.68. The lowest BCUT2D eigenvalue weighted by molar-refractivity contribution is -0.274. The molecule has 2 rings (SSSR count). The van der Waals surface area contributed by atoms with E-state index in [4.69, 9.17) is 5.73 Å². The van der Waals surface area contributed by atoms with Crippen LogP contribution in [0.5, 0.6) is 5.75 Å². The number of nitrogens with zero attached hydrogens (tertiary/aromatic N) is 1. The van der Waals surface area contributed by atoms with Crippen molar-refractivity contribution < 1.29 is 32.6 Å². The Labute approximate surface area is 129 Å². The quantitative estimate of drug-likeness (QED) is 0.875. The summed E-state index contributed by atoms with van der Waals surface area (Å²) in [5.74, 6) is -2.30. The van der Waals surface area contributed by atoms with E-state index in [1.54, 1.807) is 6.92 Å². The number of rotatable bonds is 4. The molecule has 0 saturated heterocycles. The molecule has 1 aromatic carbocycles. The van der Waals surface area contributed by atoms with Crippen molar-refractivity contribution in [3.63, 3.8) is 0 Å². The third-order valence-electron chi connectivity index (χ3n) is 3.55. The van der Waals surface area contributed by atoms with E-state index in [-0.39, 0.29) is 17.7 Å². The molecule has 0 fully saturated rings. The van der Waals surface area contributed by atoms with Crippen LogP contribution in [-0.2, 0) is 16.0 Å². The predicted octanol–water partition coefficient (Wildman–Crippen LogP) is 1.66. The Kier molecular flexibility index (Phi) is 4.51. The maximum atomic E-state index is 12.3. The molecular formula is C14H15F3N2O4. The summed E-state index contributed by atoms with van der Waals surface area (Å²) in [5.41, 5.74) is 6.20. The van der Waals surface area contributed by atoms with Gasteiger partial charge in [-0.15, -0.1) is 13.2 Å². The second-order valence-electron chi connectivity index (χ2n) is 5.12. The molecule has 1 aromatic rings. The van der Waals surface area contributed by atoms with Crippen molar-refractivity contribution in [2.75, 3.05) is 4.90 Å². The second kappa shape index (κ2) is 6.07. The Balaban J connectivity index is 2.38. The van der Waals surface area contributed by atoms with Crippen LogP contribution < -0.4 is 15.4 Å². The molecule has 0 radical (unpaired) electrons. The van der Waals surface area contributed by atoms with Crippen LogP contribution in [0, 0.1) is 0 Å². The molecule has 1 amide bonds. The van der Waals surface area contributed by atoms with Crippen LogP contribution in [0.1, 0.15) is 18.9 Å². The lowest BCUT2D eigenvalue weighted by Gasteiger charge is -2.25. The summed E-state index contributed by atoms with van der Waals surface area (Å²) in [6.07, 6.45) is -4.65. The number of benzene rings is 1. The third kappa shape index (κ3) is 3.55. The molecule has 0 spiro atoms. The number of nitrogens with two attached hydrogens (primary N) is 1. The topological polar surface area (TPSA) is 92.9 Å². The molecule has 0 unspecified atom stereocenters. The fourth-order valence-electron chi connectivity index (χ4n) is 2.45. The Morgan fingerprint density at radius 2 is 2.13 bits per heavy atom. The minimum absolute atomic E-state index is 0.109. The number of carboxylic acid groups (broad SMARTS) is 1. The van der Waals surface area contributed by atoms with Crippen molar-refractivity contribution in [2.45, 2.75) is 38.2 Å². The third-order valence-corrected chi connectivity index (χ3v) is 3.55. The number of carbonyl (C=O) groups excluding carboxylic acids is 1. The molecule has 1 aliphatic rings. The van der Waals surface area contributed by atoms with Crippen molar-refractivity contribution in [3.05, 3.63) is 23.8 Å². The number of anilines is 1. The van der Waals surface area contributed by atoms with E-state index < -0.39 is 36.1 Å². The maximum Gasteiger partial charge on any atom is 0.573 e. The van der Waals surface area contributed by atoms with Gasteiger partial charge in [0.1, 0.15) is 11.8 Å². The summed E-state index contributed by atoms with van der Waals surface area (Å²) in [5, 5.41) is 9.27. The first-order chi connectivity index (χ1) is 10.6. The van der Waals surface area contributed by atoms with Gasteiger partial charge in [0.25, 0.3) is 0 Å². The van der Waals surface area contributed by atoms with Crippen LogP contribution in [0.3, 0.4) is 0 Å². The van der Waals surface area contributed by atoms with E-state index in [0.29, 0.717) is 6.42 Å². The first-order valence-corrected chi connectivity index (χ1v) is 6.84. The number of halogens is 3. The van der Waals surface area contributed by atoms with Crippen LogP contribution in [0.25, 0.3) is 0 Å². The fraction of sp³-hybridized carbons (Fsp3) is 0.429. The summed E-state index contributed by atoms with van der Waals surface area (Å²) < 4.78 is 40.6. The first-order valence-electron chi connectivity index (χ1n) is 6.84. The number of aliphatic carboxylic acids is 1. The maximum absolute atomic E-state index is 12.3. The van der Waals surface area contributed by atoms with Gasteiger partial charge < -0.3 is 15.6 Å². The van der Waals surface area contributed by atoms with Crippen molar-refractivity contribution in [1.29, 1.82) is 0 Å². The average Bonchev–Trinajstić information content (AvgIpc) is 2.82. The largest absolute Gasteiger partial charge is 0.573 e. The highest BCUT2D eigenvalue weighted by molar-refractivity contribution is 6.04. The highest BCUT2D eigenvalue weighted by atomic mass is 19.4. The lowest BCUT2D eigenvalue weighted by atomic mass is 10.1. The monoisotopic (exact) mass is 332 g/mol. The van der Waals surface area contributed by atoms with Crippen LogP contribution in [0.2, 0.25) is 0 Å². The smallest absolute Gasteiger partial charge is 0.480 e. The molecule has 1 aliphatic heterocycles. The van der Waals surface area contributed by atoms with Crippen molar-refractivity contribution in [2.24, 2.45) is 5.73 Å². The van der Waals surface area contributed by atoms with E-state index in [2.05, 4.69) is 4.74 Å². The van der Waals surface area contributed by atoms with Crippen molar-refractivity contribution in [1.82, 2.24) is 0 Å². The van der Waals surface area contributed by atoms with Crippen molar-refractivity contribution in [3.8, 4) is 5.75 Å². The van der Waals surface area contributed by atoms with Crippen LogP contribution >= 0.6 is 0 Å². The molecule has 0 bridgehead atoms. The van der Waals surface area contributed by atoms with E-state index in [0.717, 1.165) is 17.0 Å². The number of fused-ring (bicyclic) bond motifs is 1. The Hall–Kier alpha value is -2.29. The van der Waals surface area contributed by atoms with Gasteiger partial charge in [0, 0.05) is 12.1 Å². The molecule has 23 heavy (non-hydrogen) atoms. The van der Waals surface area contributed by atoms with Gasteiger partial charge >= 0.3 is 12.3 Å². The zero-order chi connectivity index (χ0) is 17.4. The van der Waals surface area contributed by atoms with Gasteiger partial charge in [-0.05, 0) is 30.2 Å². The number of hydrogen-bond donors (Lipinski definition) is 2. The summed E-state index contributed by atoms with van der Waals surface area (Å²) in [4.78, 5) is 24.7. The zero-order valence-electron chi connectivity index (χ0n) is 12.1. The normalized spacial score (nSPS) is 18.5. The van der Waals surface area contributed by atoms with Gasteiger partial charge in [0.2, 0.25) is 5.91 Å². The predicted molar refractivity (Wildman–Crippen MR) is 74.0 cm³/mol. The number of ether oxygens (including phenoxy) is 1. The standard InChI is InChI=1S/C14H15F3N2O4/c1-2-9(18)12(20)19-10-4-3-8(23-14(15,16)17)5-7(10)6-11(19)13(21)22/h3-5,9,11H,2,6,18H2,1H3,(H,21,22)/t9-,11+/m0/s1. The minimum Gasteiger partial charge on any atom is -0.480 e. The first kappa shape index (κ1) is 17.1. The van der Waals surface area contributed by atoms with Gasteiger partial charge in [-0.1, -0.05) is 6.92 Å². The number of hydrogen-bond acceptors (Lipinski definition) is 4. The van der Waals surface area contributed by atoms with Crippen LogP contribution in [0.4, 0.5) is 18.9 Å². The number of alkyl halides is 3. The molecular weight excluding hydrogens is 317 g/mol. The van der Waals surface area contributed by atoms with Gasteiger partial charge in [0.15, 0.2) is 0 Å². The number of amides is 1. The Morgan fingerprint density at radius 1 is 1.48 bits per heavy atom. The van der Waals surface area contributed by atoms with Gasteiger partial charge in [-0.25, -0.2) is 4.79 Å². The molecule has 0 aromatic heterocycles. The summed E-state index contributed by atoms with van der Waals surface area (Å²) >= 11 is 0. The Bertz CT molecular complexity index is 633. The number of carboxylic acids is 1. The highest BCUT2D eigenvalue weighted by Crippen LogP contribution is 2.36. The van der Waals surface area contributed by atoms with Crippen molar-refractivity contribution >= 4 is 17.6 Å². The average molecular weight is 332 g/mol. The summed E-state index contributed by atoms with van der Waals surface area (Å²) in [7, 11) is 0. The van der Waals surface area contributed by atoms with E-state index in [9.17, 15) is 27.9 Å². The molecule has 1 heterocycles. The summed E-state index contributed by atoms with van der Waals surface area (Å²) in [6, 6.07) is 1.28.